The fourth-order valence-electron chi connectivity index (χ4n) is 11.4. The highest BCUT2D eigenvalue weighted by molar-refractivity contribution is 7.45. The van der Waals surface area contributed by atoms with Gasteiger partial charge in [-0.1, -0.05) is 370 Å². The zero-order valence-electron chi connectivity index (χ0n) is 66.5. The van der Waals surface area contributed by atoms with Crippen LogP contribution in [-0.2, 0) is 32.7 Å². The first-order chi connectivity index (χ1) is 50.0. The number of carbonyl (C=O) groups is 2. The molecule has 0 aliphatic rings. The molecule has 2 unspecified atom stereocenters. The van der Waals surface area contributed by atoms with Crippen LogP contribution in [0.5, 0.6) is 0 Å². The molecule has 102 heavy (non-hydrogen) atoms. The van der Waals surface area contributed by atoms with Crippen LogP contribution in [0.3, 0.4) is 0 Å². The average Bonchev–Trinajstić information content (AvgIpc) is 0.916. The maximum Gasteiger partial charge on any atom is 0.306 e. The Hall–Kier alpha value is -4.63. The molecule has 0 spiro atoms. The van der Waals surface area contributed by atoms with Crippen LogP contribution in [0.25, 0.3) is 0 Å². The van der Waals surface area contributed by atoms with Crippen molar-refractivity contribution in [1.29, 1.82) is 0 Å². The van der Waals surface area contributed by atoms with Crippen LogP contribution in [0.1, 0.15) is 348 Å². The van der Waals surface area contributed by atoms with E-state index in [-0.39, 0.29) is 32.0 Å². The third-order valence-electron chi connectivity index (χ3n) is 17.7. The molecule has 0 aromatic rings. The van der Waals surface area contributed by atoms with E-state index in [4.69, 9.17) is 18.5 Å². The smallest absolute Gasteiger partial charge is 0.306 e. The van der Waals surface area contributed by atoms with Crippen molar-refractivity contribution in [2.24, 2.45) is 0 Å². The Morgan fingerprint density at radius 1 is 0.314 bits per heavy atom. The van der Waals surface area contributed by atoms with Gasteiger partial charge in [0.2, 0.25) is 0 Å². The highest BCUT2D eigenvalue weighted by atomic mass is 31.2. The fraction of sp³-hybridized carbons (Fsp3) is 0.674. The van der Waals surface area contributed by atoms with Crippen molar-refractivity contribution in [2.75, 3.05) is 47.5 Å². The van der Waals surface area contributed by atoms with Gasteiger partial charge in [0.15, 0.2) is 6.10 Å². The molecule has 0 aromatic carbocycles. The van der Waals surface area contributed by atoms with Crippen molar-refractivity contribution in [3.8, 4) is 0 Å². The fourth-order valence-corrected chi connectivity index (χ4v) is 12.1. The van der Waals surface area contributed by atoms with Gasteiger partial charge in [0.1, 0.15) is 19.8 Å². The summed E-state index contributed by atoms with van der Waals surface area (Å²) in [6.07, 6.45) is 122. The van der Waals surface area contributed by atoms with Crippen LogP contribution in [0.4, 0.5) is 0 Å². The minimum Gasteiger partial charge on any atom is -0.756 e. The summed E-state index contributed by atoms with van der Waals surface area (Å²) in [6, 6.07) is 0. The summed E-state index contributed by atoms with van der Waals surface area (Å²) in [5.74, 6) is -0.861. The first-order valence-corrected chi connectivity index (χ1v) is 43.3. The predicted octanol–water partition coefficient (Wildman–Crippen LogP) is 27.8. The maximum absolute atomic E-state index is 12.9. The zero-order valence-corrected chi connectivity index (χ0v) is 67.4. The number of phosphoric ester groups is 1. The number of nitrogens with zero attached hydrogens (tertiary/aromatic N) is 1. The number of ether oxygens (including phenoxy) is 2. The van der Waals surface area contributed by atoms with Gasteiger partial charge in [-0.15, -0.1) is 0 Å². The van der Waals surface area contributed by atoms with E-state index in [1.807, 2.05) is 21.1 Å². The van der Waals surface area contributed by atoms with E-state index in [0.29, 0.717) is 17.4 Å². The number of quaternary nitrogens is 1. The summed E-state index contributed by atoms with van der Waals surface area (Å²) in [7, 11) is 1.14. The molecule has 0 rings (SSSR count). The van der Waals surface area contributed by atoms with Crippen LogP contribution in [0.15, 0.2) is 170 Å². The molecule has 582 valence electrons. The van der Waals surface area contributed by atoms with E-state index >= 15 is 0 Å². The molecule has 0 heterocycles. The standard InChI is InChI=1S/C92H156NO8P/c1-6-8-10-12-14-16-18-20-22-24-26-28-30-32-34-36-38-40-42-44-45-46-47-49-51-53-55-57-59-61-63-65-67-69-71-73-75-77-79-81-83-85-92(95)101-90(89-100-102(96,97)99-87-86-93(3,4)5)88-98-91(94)84-82-80-78-76-74-72-70-68-66-64-62-60-58-56-54-52-50-48-43-41-39-37-35-33-31-29-27-25-23-21-19-17-15-13-11-9-7-2/h8,10,14,16,19-22,25-28,32,34,38,40,44-45,47,49,53,55,59,61,65,67,71,73,90H,6-7,9,11-13,15,17-18,23-24,29-31,33,35-37,39,41-43,46,48,50-52,54,56-58,60,62-64,66,68-70,72,74-89H2,1-5H3/b10-8-,16-14-,21-19-,22-20-,27-25-,28-26-,34-32-,40-38-,45-44-,49-47-,55-53-,61-59-,67-65-,73-71-. The molecule has 0 aromatic heterocycles. The minimum absolute atomic E-state index is 0.0429. The van der Waals surface area contributed by atoms with Crippen molar-refractivity contribution in [1.82, 2.24) is 0 Å². The molecule has 0 aliphatic carbocycles. The molecule has 0 saturated carbocycles. The number of phosphoric acid groups is 1. The second kappa shape index (κ2) is 80.5. The molecule has 0 amide bonds. The number of carbonyl (C=O) groups excluding carboxylic acids is 2. The third kappa shape index (κ3) is 84.3. The van der Waals surface area contributed by atoms with Gasteiger partial charge in [0.05, 0.1) is 27.7 Å². The molecular weight excluding hydrogens is 1280 g/mol. The van der Waals surface area contributed by atoms with Gasteiger partial charge < -0.3 is 27.9 Å². The lowest BCUT2D eigenvalue weighted by atomic mass is 10.0. The Balaban J connectivity index is 4.05. The molecule has 9 nitrogen and oxygen atoms in total. The Bertz CT molecular complexity index is 2340. The summed E-state index contributed by atoms with van der Waals surface area (Å²) in [5.41, 5.74) is 0. The van der Waals surface area contributed by atoms with E-state index in [2.05, 4.69) is 184 Å². The number of likely N-dealkylation sites (N-methyl/N-ethyl adjacent to an activating group) is 1. The van der Waals surface area contributed by atoms with E-state index in [9.17, 15) is 19.0 Å². The highest BCUT2D eigenvalue weighted by Crippen LogP contribution is 2.38. The van der Waals surface area contributed by atoms with Crippen LogP contribution >= 0.6 is 7.82 Å². The van der Waals surface area contributed by atoms with E-state index in [0.717, 1.165) is 128 Å². The van der Waals surface area contributed by atoms with E-state index in [1.165, 1.54) is 186 Å². The maximum atomic E-state index is 12.9. The first kappa shape index (κ1) is 97.4. The lowest BCUT2D eigenvalue weighted by molar-refractivity contribution is -0.870. The number of allylic oxidation sites excluding steroid dienone is 28. The largest absolute Gasteiger partial charge is 0.756 e. The predicted molar refractivity (Wildman–Crippen MR) is 443 cm³/mol. The number of esters is 2. The van der Waals surface area contributed by atoms with Crippen LogP contribution in [-0.4, -0.2) is 70.0 Å². The molecule has 0 radical (unpaired) electrons. The first-order valence-electron chi connectivity index (χ1n) is 41.8. The minimum atomic E-state index is -4.66. The summed E-state index contributed by atoms with van der Waals surface area (Å²) >= 11 is 0. The topological polar surface area (TPSA) is 111 Å². The monoisotopic (exact) mass is 1430 g/mol. The van der Waals surface area contributed by atoms with Crippen LogP contribution < -0.4 is 4.89 Å². The summed E-state index contributed by atoms with van der Waals surface area (Å²) in [4.78, 5) is 38.2. The van der Waals surface area contributed by atoms with Crippen molar-refractivity contribution < 1.29 is 42.1 Å². The Labute approximate surface area is 629 Å². The zero-order chi connectivity index (χ0) is 74.0. The Kier molecular flexibility index (Phi) is 76.8. The Morgan fingerprint density at radius 3 is 0.833 bits per heavy atom. The SMILES string of the molecule is CC/C=C\C/C=C\C/C=C\C/C=C\C/C=C\C/C=C\C/C=C\C/C=C\C/C=C\C/C=C\C/C=C\C/C=C\CCCCCCC(=O)OC(COC(=O)CCCCCCCCCCCCCCCCCCCCCCCCCCC/C=C\C/C=C\CCCCCCC)COP(=O)([O-])OCC[N+](C)(C)C. The third-order valence-corrected chi connectivity index (χ3v) is 18.7. The summed E-state index contributed by atoms with van der Waals surface area (Å²) in [6.45, 7) is 4.10. The van der Waals surface area contributed by atoms with Crippen molar-refractivity contribution in [2.45, 2.75) is 354 Å². The molecule has 0 aliphatic heterocycles. The summed E-state index contributed by atoms with van der Waals surface area (Å²) < 4.78 is 34.4. The van der Waals surface area contributed by atoms with E-state index in [1.54, 1.807) is 0 Å². The average molecular weight is 1440 g/mol. The van der Waals surface area contributed by atoms with Crippen molar-refractivity contribution in [3.05, 3.63) is 170 Å². The van der Waals surface area contributed by atoms with Gasteiger partial charge in [0, 0.05) is 12.8 Å². The van der Waals surface area contributed by atoms with Crippen molar-refractivity contribution in [3.63, 3.8) is 0 Å². The number of hydrogen-bond acceptors (Lipinski definition) is 8. The number of unbranched alkanes of at least 4 members (excludes halogenated alkanes) is 34. The molecule has 2 atom stereocenters. The van der Waals surface area contributed by atoms with Gasteiger partial charge >= 0.3 is 11.9 Å². The number of hydrogen-bond donors (Lipinski definition) is 0. The van der Waals surface area contributed by atoms with E-state index < -0.39 is 26.5 Å². The quantitative estimate of drug-likeness (QED) is 0.0195. The second-order valence-corrected chi connectivity index (χ2v) is 30.2. The van der Waals surface area contributed by atoms with Crippen molar-refractivity contribution >= 4 is 19.8 Å². The highest BCUT2D eigenvalue weighted by Gasteiger charge is 2.22. The molecule has 0 bridgehead atoms. The van der Waals surface area contributed by atoms with Crippen LogP contribution in [0.2, 0.25) is 0 Å². The van der Waals surface area contributed by atoms with Gasteiger partial charge in [-0.05, 0) is 135 Å². The normalized spacial score (nSPS) is 13.9. The van der Waals surface area contributed by atoms with Gasteiger partial charge in [-0.25, -0.2) is 0 Å². The van der Waals surface area contributed by atoms with Gasteiger partial charge in [-0.3, -0.25) is 14.2 Å². The molecule has 0 fully saturated rings. The second-order valence-electron chi connectivity index (χ2n) is 28.8. The molecule has 0 saturated heterocycles. The lowest BCUT2D eigenvalue weighted by Gasteiger charge is -2.28. The summed E-state index contributed by atoms with van der Waals surface area (Å²) in [5, 5.41) is 0. The number of rotatable bonds is 76. The van der Waals surface area contributed by atoms with Gasteiger partial charge in [0.25, 0.3) is 7.82 Å². The van der Waals surface area contributed by atoms with Gasteiger partial charge in [-0.2, -0.15) is 0 Å². The molecular formula is C92H156NO8P. The Morgan fingerprint density at radius 2 is 0.559 bits per heavy atom. The lowest BCUT2D eigenvalue weighted by Crippen LogP contribution is -2.37. The molecule has 10 heteroatoms. The molecule has 0 N–H and O–H groups in total. The van der Waals surface area contributed by atoms with Crippen LogP contribution in [0, 0.1) is 0 Å².